The second kappa shape index (κ2) is 4.94. The second-order valence-electron chi connectivity index (χ2n) is 4.30. The van der Waals surface area contributed by atoms with E-state index in [2.05, 4.69) is 9.71 Å². The predicted octanol–water partition coefficient (Wildman–Crippen LogP) is 2.40. The molecular weight excluding hydrogens is 272 g/mol. The van der Waals surface area contributed by atoms with Crippen molar-refractivity contribution >= 4 is 21.9 Å². The molecule has 1 aliphatic rings. The summed E-state index contributed by atoms with van der Waals surface area (Å²) < 4.78 is 27.4. The number of sulfonamides is 1. The monoisotopic (exact) mass is 284 g/mol. The van der Waals surface area contributed by atoms with Crippen LogP contribution in [0.2, 0.25) is 0 Å². The molecule has 1 heterocycles. The minimum absolute atomic E-state index is 0.246. The average molecular weight is 284 g/mol. The lowest BCUT2D eigenvalue weighted by Gasteiger charge is -2.00. The number of nitrogens with one attached hydrogen (secondary N) is 1. The van der Waals surface area contributed by atoms with Gasteiger partial charge in [-0.1, -0.05) is 42.5 Å². The van der Waals surface area contributed by atoms with Crippen LogP contribution in [0.5, 0.6) is 0 Å². The summed E-state index contributed by atoms with van der Waals surface area (Å²) in [6, 6.07) is 16.5. The van der Waals surface area contributed by atoms with Crippen molar-refractivity contribution in [1.82, 2.24) is 5.32 Å². The smallest absolute Gasteiger partial charge is 0.285 e. The van der Waals surface area contributed by atoms with Crippen LogP contribution in [-0.4, -0.2) is 14.3 Å². The Kier molecular flexibility index (Phi) is 3.12. The molecule has 5 heteroatoms. The maximum Gasteiger partial charge on any atom is 0.285 e. The number of amidine groups is 1. The molecule has 0 spiro atoms. The van der Waals surface area contributed by atoms with Crippen LogP contribution in [0.3, 0.4) is 0 Å². The highest BCUT2D eigenvalue weighted by molar-refractivity contribution is 7.90. The highest BCUT2D eigenvalue weighted by atomic mass is 32.2. The number of fused-ring (bicyclic) bond motifs is 1. The zero-order valence-electron chi connectivity index (χ0n) is 10.5. The maximum absolute atomic E-state index is 11.8. The van der Waals surface area contributed by atoms with Crippen LogP contribution in [-0.2, 0) is 10.0 Å². The van der Waals surface area contributed by atoms with E-state index >= 15 is 0 Å². The molecule has 0 atom stereocenters. The Morgan fingerprint density at radius 1 is 0.950 bits per heavy atom. The van der Waals surface area contributed by atoms with Crippen molar-refractivity contribution < 1.29 is 8.42 Å². The molecule has 0 fully saturated rings. The van der Waals surface area contributed by atoms with Crippen LogP contribution in [0, 0.1) is 0 Å². The van der Waals surface area contributed by atoms with Crippen LogP contribution >= 0.6 is 0 Å². The van der Waals surface area contributed by atoms with E-state index in [-0.39, 0.29) is 4.90 Å². The standard InChI is InChI=1S/C15H12N2O2S/c18-20(19)14-9-5-4-8-13(14)15(17-20)16-11-10-12-6-2-1-3-7-12/h1-11H,(H,16,17)/b11-10+. The Labute approximate surface area is 117 Å². The van der Waals surface area contributed by atoms with Crippen LogP contribution in [0.15, 0.2) is 70.1 Å². The molecule has 2 aromatic rings. The molecule has 0 aromatic heterocycles. The highest BCUT2D eigenvalue weighted by Crippen LogP contribution is 2.24. The summed E-state index contributed by atoms with van der Waals surface area (Å²) in [6.07, 6.45) is 3.54. The third kappa shape index (κ3) is 2.35. The molecule has 2 aromatic carbocycles. The first-order chi connectivity index (χ1) is 9.67. The van der Waals surface area contributed by atoms with Crippen molar-refractivity contribution in [2.24, 2.45) is 4.40 Å². The molecule has 100 valence electrons. The fourth-order valence-electron chi connectivity index (χ4n) is 1.99. The molecule has 0 bridgehead atoms. The van der Waals surface area contributed by atoms with Gasteiger partial charge in [-0.15, -0.1) is 4.40 Å². The predicted molar refractivity (Wildman–Crippen MR) is 78.8 cm³/mol. The quantitative estimate of drug-likeness (QED) is 0.921. The third-order valence-electron chi connectivity index (χ3n) is 2.93. The van der Waals surface area contributed by atoms with Crippen molar-refractivity contribution in [3.63, 3.8) is 0 Å². The maximum atomic E-state index is 11.8. The Morgan fingerprint density at radius 2 is 1.65 bits per heavy atom. The molecule has 0 amide bonds. The normalized spacial score (nSPS) is 15.9. The summed E-state index contributed by atoms with van der Waals surface area (Å²) >= 11 is 0. The van der Waals surface area contributed by atoms with E-state index in [1.807, 2.05) is 36.4 Å². The molecule has 0 saturated heterocycles. The van der Waals surface area contributed by atoms with E-state index in [0.29, 0.717) is 11.4 Å². The van der Waals surface area contributed by atoms with E-state index in [4.69, 9.17) is 0 Å². The van der Waals surface area contributed by atoms with Gasteiger partial charge in [-0.25, -0.2) is 0 Å². The lowest BCUT2D eigenvalue weighted by molar-refractivity contribution is 0.599. The summed E-state index contributed by atoms with van der Waals surface area (Å²) in [4.78, 5) is 0.246. The number of hydrogen-bond acceptors (Lipinski definition) is 3. The molecule has 4 nitrogen and oxygen atoms in total. The molecule has 1 aliphatic heterocycles. The van der Waals surface area contributed by atoms with E-state index < -0.39 is 10.0 Å². The first kappa shape index (κ1) is 12.6. The summed E-state index contributed by atoms with van der Waals surface area (Å²) in [7, 11) is -3.56. The van der Waals surface area contributed by atoms with E-state index in [0.717, 1.165) is 5.56 Å². The Hall–Kier alpha value is -2.40. The lowest BCUT2D eigenvalue weighted by atomic mass is 10.2. The van der Waals surface area contributed by atoms with Gasteiger partial charge in [0.2, 0.25) is 0 Å². The summed E-state index contributed by atoms with van der Waals surface area (Å²) in [5.74, 6) is 0.354. The number of hydrogen-bond donors (Lipinski definition) is 1. The van der Waals surface area contributed by atoms with Gasteiger partial charge in [0.15, 0.2) is 5.84 Å². The molecule has 0 radical (unpaired) electrons. The minimum Gasteiger partial charge on any atom is -0.345 e. The number of benzene rings is 2. The Bertz CT molecular complexity index is 794. The van der Waals surface area contributed by atoms with Gasteiger partial charge in [0, 0.05) is 11.8 Å². The SMILES string of the molecule is O=S1(=O)N=C(N/C=C/c2ccccc2)c2ccccc21. The van der Waals surface area contributed by atoms with Gasteiger partial charge < -0.3 is 5.32 Å². The van der Waals surface area contributed by atoms with Crippen LogP contribution in [0.4, 0.5) is 0 Å². The van der Waals surface area contributed by atoms with Gasteiger partial charge in [0.25, 0.3) is 10.0 Å². The Balaban J connectivity index is 1.85. The van der Waals surface area contributed by atoms with Gasteiger partial charge in [0.05, 0.1) is 0 Å². The highest BCUT2D eigenvalue weighted by Gasteiger charge is 2.27. The van der Waals surface area contributed by atoms with E-state index in [1.165, 1.54) is 0 Å². The zero-order chi connectivity index (χ0) is 14.0. The van der Waals surface area contributed by atoms with Crippen molar-refractivity contribution in [3.05, 3.63) is 71.9 Å². The molecule has 0 saturated carbocycles. The van der Waals surface area contributed by atoms with Crippen LogP contribution in [0.25, 0.3) is 6.08 Å². The minimum atomic E-state index is -3.56. The molecule has 20 heavy (non-hydrogen) atoms. The van der Waals surface area contributed by atoms with Crippen molar-refractivity contribution in [3.8, 4) is 0 Å². The molecule has 0 aliphatic carbocycles. The first-order valence-corrected chi connectivity index (χ1v) is 7.53. The number of nitrogens with zero attached hydrogens (tertiary/aromatic N) is 1. The fourth-order valence-corrected chi connectivity index (χ4v) is 3.17. The van der Waals surface area contributed by atoms with Gasteiger partial charge in [0.1, 0.15) is 4.90 Å². The summed E-state index contributed by atoms with van der Waals surface area (Å²) in [6.45, 7) is 0. The molecule has 0 unspecified atom stereocenters. The third-order valence-corrected chi connectivity index (χ3v) is 4.26. The first-order valence-electron chi connectivity index (χ1n) is 6.09. The van der Waals surface area contributed by atoms with Crippen molar-refractivity contribution in [2.45, 2.75) is 4.90 Å². The molecule has 3 rings (SSSR count). The van der Waals surface area contributed by atoms with E-state index in [9.17, 15) is 8.42 Å². The van der Waals surface area contributed by atoms with E-state index in [1.54, 1.807) is 30.5 Å². The summed E-state index contributed by atoms with van der Waals surface area (Å²) in [5, 5.41) is 2.93. The van der Waals surface area contributed by atoms with Gasteiger partial charge in [-0.3, -0.25) is 0 Å². The second-order valence-corrected chi connectivity index (χ2v) is 5.87. The lowest BCUT2D eigenvalue weighted by Crippen LogP contribution is -2.16. The topological polar surface area (TPSA) is 58.5 Å². The van der Waals surface area contributed by atoms with Crippen molar-refractivity contribution in [2.75, 3.05) is 0 Å². The largest absolute Gasteiger partial charge is 0.345 e. The molecular formula is C15H12N2O2S. The number of rotatable bonds is 2. The average Bonchev–Trinajstić information content (AvgIpc) is 2.72. The zero-order valence-corrected chi connectivity index (χ0v) is 11.3. The molecule has 1 N–H and O–H groups in total. The van der Waals surface area contributed by atoms with Crippen LogP contribution in [0.1, 0.15) is 11.1 Å². The van der Waals surface area contributed by atoms with Crippen LogP contribution < -0.4 is 5.32 Å². The van der Waals surface area contributed by atoms with Gasteiger partial charge >= 0.3 is 0 Å². The van der Waals surface area contributed by atoms with Gasteiger partial charge in [-0.05, 0) is 23.8 Å². The van der Waals surface area contributed by atoms with Gasteiger partial charge in [-0.2, -0.15) is 8.42 Å². The fraction of sp³-hybridized carbons (Fsp3) is 0. The van der Waals surface area contributed by atoms with Crippen molar-refractivity contribution in [1.29, 1.82) is 0 Å². The summed E-state index contributed by atoms with van der Waals surface area (Å²) in [5.41, 5.74) is 1.62. The Morgan fingerprint density at radius 3 is 2.45 bits per heavy atom.